The fraction of sp³-hybridized carbons (Fsp3) is 1.00. The first kappa shape index (κ1) is 13.0. The topological polar surface area (TPSA) is 29.3 Å². The highest BCUT2D eigenvalue weighted by Crippen LogP contribution is 2.26. The molecule has 1 aliphatic carbocycles. The van der Waals surface area contributed by atoms with Crippen LogP contribution in [0.2, 0.25) is 0 Å². The van der Waals surface area contributed by atoms with Crippen molar-refractivity contribution in [1.82, 2.24) is 4.90 Å². The van der Waals surface area contributed by atoms with E-state index in [1.165, 1.54) is 32.1 Å². The predicted molar refractivity (Wildman–Crippen MR) is 66.9 cm³/mol. The van der Waals surface area contributed by atoms with Gasteiger partial charge in [0.15, 0.2) is 0 Å². The van der Waals surface area contributed by atoms with Gasteiger partial charge in [-0.2, -0.15) is 0 Å². The molecule has 0 radical (unpaired) electrons. The van der Waals surface area contributed by atoms with Gasteiger partial charge in [-0.1, -0.05) is 33.1 Å². The second kappa shape index (κ2) is 6.49. The highest BCUT2D eigenvalue weighted by Gasteiger charge is 2.22. The summed E-state index contributed by atoms with van der Waals surface area (Å²) in [5.74, 6) is 0.911. The lowest BCUT2D eigenvalue weighted by molar-refractivity contribution is 0.155. The van der Waals surface area contributed by atoms with E-state index in [-0.39, 0.29) is 0 Å². The number of nitrogens with two attached hydrogens (primary N) is 1. The Labute approximate surface area is 95.2 Å². The van der Waals surface area contributed by atoms with Crippen molar-refractivity contribution in [3.8, 4) is 0 Å². The molecule has 15 heavy (non-hydrogen) atoms. The molecule has 0 spiro atoms. The summed E-state index contributed by atoms with van der Waals surface area (Å²) in [6.45, 7) is 5.67. The van der Waals surface area contributed by atoms with E-state index in [1.54, 1.807) is 0 Å². The van der Waals surface area contributed by atoms with Crippen LogP contribution in [0.1, 0.15) is 52.4 Å². The van der Waals surface area contributed by atoms with Crippen molar-refractivity contribution in [3.05, 3.63) is 0 Å². The molecule has 2 N–H and O–H groups in total. The summed E-state index contributed by atoms with van der Waals surface area (Å²) >= 11 is 0. The third-order valence-corrected chi connectivity index (χ3v) is 3.71. The van der Waals surface area contributed by atoms with Gasteiger partial charge in [-0.3, -0.25) is 0 Å². The number of likely N-dealkylation sites (N-methyl/N-ethyl adjacent to an activating group) is 1. The van der Waals surface area contributed by atoms with Crippen molar-refractivity contribution in [2.24, 2.45) is 11.7 Å². The number of rotatable bonds is 5. The van der Waals surface area contributed by atoms with Crippen LogP contribution in [0.3, 0.4) is 0 Å². The molecular weight excluding hydrogens is 184 g/mol. The quantitative estimate of drug-likeness (QED) is 0.759. The Bertz CT molecular complexity index is 170. The molecule has 0 aliphatic heterocycles. The number of nitrogens with zero attached hydrogens (tertiary/aromatic N) is 1. The summed E-state index contributed by atoms with van der Waals surface area (Å²) in [7, 11) is 2.25. The van der Waals surface area contributed by atoms with Gasteiger partial charge >= 0.3 is 0 Å². The molecular formula is C13H28N2. The van der Waals surface area contributed by atoms with E-state index < -0.39 is 0 Å². The molecule has 0 saturated heterocycles. The normalized spacial score (nSPS) is 29.4. The predicted octanol–water partition coefficient (Wildman–Crippen LogP) is 2.62. The monoisotopic (exact) mass is 212 g/mol. The standard InChI is InChI=1S/C13H28N2/c1-4-6-12(14)10-15(3)13-8-5-7-11(2)9-13/h11-13H,4-10,14H2,1-3H3. The third kappa shape index (κ3) is 4.52. The van der Waals surface area contributed by atoms with E-state index in [1.807, 2.05) is 0 Å². The molecule has 0 aromatic carbocycles. The van der Waals surface area contributed by atoms with Crippen LogP contribution in [0.25, 0.3) is 0 Å². The van der Waals surface area contributed by atoms with Gasteiger partial charge in [-0.05, 0) is 32.2 Å². The first-order valence-corrected chi connectivity index (χ1v) is 6.59. The largest absolute Gasteiger partial charge is 0.327 e. The van der Waals surface area contributed by atoms with E-state index in [0.29, 0.717) is 6.04 Å². The number of hydrogen-bond acceptors (Lipinski definition) is 2. The third-order valence-electron chi connectivity index (χ3n) is 3.71. The minimum Gasteiger partial charge on any atom is -0.327 e. The van der Waals surface area contributed by atoms with Crippen LogP contribution in [-0.2, 0) is 0 Å². The summed E-state index contributed by atoms with van der Waals surface area (Å²) in [5.41, 5.74) is 6.08. The minimum atomic E-state index is 0.372. The van der Waals surface area contributed by atoms with E-state index >= 15 is 0 Å². The van der Waals surface area contributed by atoms with Crippen LogP contribution in [-0.4, -0.2) is 30.6 Å². The Balaban J connectivity index is 2.28. The zero-order valence-electron chi connectivity index (χ0n) is 10.7. The van der Waals surface area contributed by atoms with Crippen LogP contribution in [0.4, 0.5) is 0 Å². The lowest BCUT2D eigenvalue weighted by Gasteiger charge is -2.35. The summed E-state index contributed by atoms with van der Waals surface area (Å²) in [6.07, 6.45) is 7.93. The Hall–Kier alpha value is -0.0800. The van der Waals surface area contributed by atoms with Crippen molar-refractivity contribution < 1.29 is 0 Å². The molecule has 90 valence electrons. The molecule has 3 unspecified atom stereocenters. The molecule has 0 aromatic heterocycles. The Kier molecular flexibility index (Phi) is 5.62. The first-order chi connectivity index (χ1) is 7.13. The molecule has 3 atom stereocenters. The second-order valence-electron chi connectivity index (χ2n) is 5.41. The van der Waals surface area contributed by atoms with Crippen LogP contribution >= 0.6 is 0 Å². The van der Waals surface area contributed by atoms with Gasteiger partial charge in [0.25, 0.3) is 0 Å². The minimum absolute atomic E-state index is 0.372. The van der Waals surface area contributed by atoms with Crippen molar-refractivity contribution in [2.45, 2.75) is 64.5 Å². The molecule has 1 fully saturated rings. The van der Waals surface area contributed by atoms with Crippen molar-refractivity contribution in [2.75, 3.05) is 13.6 Å². The lowest BCUT2D eigenvalue weighted by Crippen LogP contribution is -2.42. The summed E-state index contributed by atoms with van der Waals surface area (Å²) in [5, 5.41) is 0. The van der Waals surface area contributed by atoms with Gasteiger partial charge < -0.3 is 10.6 Å². The molecule has 1 aliphatic rings. The lowest BCUT2D eigenvalue weighted by atomic mass is 9.86. The maximum absolute atomic E-state index is 6.08. The molecule has 2 nitrogen and oxygen atoms in total. The fourth-order valence-corrected chi connectivity index (χ4v) is 2.78. The van der Waals surface area contributed by atoms with Crippen molar-refractivity contribution in [1.29, 1.82) is 0 Å². The molecule has 0 aromatic rings. The van der Waals surface area contributed by atoms with E-state index in [2.05, 4.69) is 25.8 Å². The van der Waals surface area contributed by atoms with E-state index in [9.17, 15) is 0 Å². The number of hydrogen-bond donors (Lipinski definition) is 1. The fourth-order valence-electron chi connectivity index (χ4n) is 2.78. The zero-order valence-corrected chi connectivity index (χ0v) is 10.7. The van der Waals surface area contributed by atoms with Gasteiger partial charge in [0.05, 0.1) is 0 Å². The Morgan fingerprint density at radius 2 is 2.13 bits per heavy atom. The summed E-state index contributed by atoms with van der Waals surface area (Å²) in [6, 6.07) is 1.16. The SMILES string of the molecule is CCCC(N)CN(C)C1CCCC(C)C1. The van der Waals surface area contributed by atoms with Gasteiger partial charge in [0.1, 0.15) is 0 Å². The maximum Gasteiger partial charge on any atom is 0.0167 e. The summed E-state index contributed by atoms with van der Waals surface area (Å²) in [4.78, 5) is 2.50. The highest BCUT2D eigenvalue weighted by atomic mass is 15.1. The van der Waals surface area contributed by atoms with Crippen molar-refractivity contribution in [3.63, 3.8) is 0 Å². The van der Waals surface area contributed by atoms with Crippen molar-refractivity contribution >= 4 is 0 Å². The molecule has 1 saturated carbocycles. The zero-order chi connectivity index (χ0) is 11.3. The van der Waals surface area contributed by atoms with Crippen LogP contribution in [0.5, 0.6) is 0 Å². The molecule has 0 bridgehead atoms. The Morgan fingerprint density at radius 1 is 1.40 bits per heavy atom. The van der Waals surface area contributed by atoms with Gasteiger partial charge in [-0.25, -0.2) is 0 Å². The van der Waals surface area contributed by atoms with Gasteiger partial charge in [-0.15, -0.1) is 0 Å². The van der Waals surface area contributed by atoms with E-state index in [0.717, 1.165) is 24.9 Å². The average Bonchev–Trinajstić information content (AvgIpc) is 2.18. The highest BCUT2D eigenvalue weighted by molar-refractivity contribution is 4.79. The molecule has 2 heteroatoms. The van der Waals surface area contributed by atoms with Gasteiger partial charge in [0, 0.05) is 18.6 Å². The van der Waals surface area contributed by atoms with Crippen LogP contribution in [0.15, 0.2) is 0 Å². The first-order valence-electron chi connectivity index (χ1n) is 6.59. The molecule has 0 heterocycles. The second-order valence-corrected chi connectivity index (χ2v) is 5.41. The average molecular weight is 212 g/mol. The van der Waals surface area contributed by atoms with Crippen LogP contribution in [0, 0.1) is 5.92 Å². The Morgan fingerprint density at radius 3 is 2.73 bits per heavy atom. The van der Waals surface area contributed by atoms with E-state index in [4.69, 9.17) is 5.73 Å². The summed E-state index contributed by atoms with van der Waals surface area (Å²) < 4.78 is 0. The van der Waals surface area contributed by atoms with Gasteiger partial charge in [0.2, 0.25) is 0 Å². The molecule has 0 amide bonds. The smallest absolute Gasteiger partial charge is 0.0167 e. The maximum atomic E-state index is 6.08. The van der Waals surface area contributed by atoms with Crippen LogP contribution < -0.4 is 5.73 Å². The molecule has 1 rings (SSSR count).